The summed E-state index contributed by atoms with van der Waals surface area (Å²) in [6.45, 7) is 3.66. The second-order valence-electron chi connectivity index (χ2n) is 7.85. The summed E-state index contributed by atoms with van der Waals surface area (Å²) in [5, 5.41) is 20.0. The van der Waals surface area contributed by atoms with Crippen LogP contribution in [0.1, 0.15) is 29.6 Å². The number of hydrogen-bond donors (Lipinski definition) is 2. The Hall–Kier alpha value is -2.91. The maximum atomic E-state index is 13.1. The third-order valence-electron chi connectivity index (χ3n) is 5.64. The van der Waals surface area contributed by atoms with Crippen molar-refractivity contribution in [2.75, 3.05) is 36.4 Å². The number of carbonyl (C=O) groups is 1. The van der Waals surface area contributed by atoms with Crippen LogP contribution in [0.25, 0.3) is 10.9 Å². The van der Waals surface area contributed by atoms with Crippen molar-refractivity contribution in [3.63, 3.8) is 0 Å². The van der Waals surface area contributed by atoms with Gasteiger partial charge in [-0.05, 0) is 37.5 Å². The summed E-state index contributed by atoms with van der Waals surface area (Å²) in [5.74, 6) is 1.54. The van der Waals surface area contributed by atoms with Crippen molar-refractivity contribution in [2.24, 2.45) is 7.05 Å². The minimum Gasteiger partial charge on any atom is -0.490 e. The number of piperazine rings is 1. The normalized spacial score (nSPS) is 16.5. The Morgan fingerprint density at radius 1 is 1.19 bits per heavy atom. The van der Waals surface area contributed by atoms with Crippen molar-refractivity contribution in [1.82, 2.24) is 25.3 Å². The quantitative estimate of drug-likeness (QED) is 0.624. The molecule has 0 atom stereocenters. The molecule has 9 nitrogen and oxygen atoms in total. The number of nitrogens with zero attached hydrogens (tertiary/aromatic N) is 5. The molecule has 2 fully saturated rings. The molecule has 0 unspecified atom stereocenters. The number of rotatable bonds is 5. The second-order valence-corrected chi connectivity index (χ2v) is 7.85. The molecule has 3 aromatic rings. The van der Waals surface area contributed by atoms with E-state index in [2.05, 4.69) is 30.8 Å². The van der Waals surface area contributed by atoms with E-state index >= 15 is 0 Å². The van der Waals surface area contributed by atoms with Crippen molar-refractivity contribution in [3.05, 3.63) is 36.0 Å². The summed E-state index contributed by atoms with van der Waals surface area (Å²) in [4.78, 5) is 15.2. The number of aryl methyl sites for hydroxylation is 1. The summed E-state index contributed by atoms with van der Waals surface area (Å²) in [7, 11) is 1.86. The number of anilines is 2. The van der Waals surface area contributed by atoms with Crippen molar-refractivity contribution in [1.29, 1.82) is 0 Å². The molecule has 164 valence electrons. The molecule has 1 saturated heterocycles. The Morgan fingerprint density at radius 3 is 2.68 bits per heavy atom. The largest absolute Gasteiger partial charge is 0.490 e. The first kappa shape index (κ1) is 21.3. The van der Waals surface area contributed by atoms with Gasteiger partial charge in [-0.1, -0.05) is 0 Å². The van der Waals surface area contributed by atoms with E-state index in [9.17, 15) is 4.79 Å². The SMILES string of the molecule is Cl.Cn1cc2cc(C(=O)Nc3ccc(N4CCNCC4)nn3)c(OC3CCC3)cc2n1. The number of halogens is 1. The average Bonchev–Trinajstić information content (AvgIpc) is 3.10. The Balaban J connectivity index is 0.00000231. The fourth-order valence-corrected chi connectivity index (χ4v) is 3.76. The summed E-state index contributed by atoms with van der Waals surface area (Å²) in [5.41, 5.74) is 1.29. The van der Waals surface area contributed by atoms with E-state index in [0.29, 0.717) is 17.1 Å². The molecule has 1 aliphatic heterocycles. The second kappa shape index (κ2) is 9.07. The van der Waals surface area contributed by atoms with E-state index in [1.807, 2.05) is 31.4 Å². The van der Waals surface area contributed by atoms with Gasteiger partial charge in [0.05, 0.1) is 17.2 Å². The minimum absolute atomic E-state index is 0. The lowest BCUT2D eigenvalue weighted by molar-refractivity contribution is 0.0992. The van der Waals surface area contributed by atoms with Crippen LogP contribution in [0.3, 0.4) is 0 Å². The van der Waals surface area contributed by atoms with Crippen LogP contribution in [0.5, 0.6) is 5.75 Å². The fraction of sp³-hybridized carbons (Fsp3) is 0.429. The summed E-state index contributed by atoms with van der Waals surface area (Å²) < 4.78 is 7.83. The highest BCUT2D eigenvalue weighted by molar-refractivity contribution is 6.08. The van der Waals surface area contributed by atoms with Crippen LogP contribution < -0.4 is 20.3 Å². The number of amides is 1. The van der Waals surface area contributed by atoms with Gasteiger partial charge in [0.25, 0.3) is 5.91 Å². The molecular formula is C21H26ClN7O2. The van der Waals surface area contributed by atoms with Gasteiger partial charge in [0, 0.05) is 50.9 Å². The number of ether oxygens (including phenoxy) is 1. The van der Waals surface area contributed by atoms with Crippen LogP contribution in [0, 0.1) is 0 Å². The molecule has 31 heavy (non-hydrogen) atoms. The van der Waals surface area contributed by atoms with Crippen LogP contribution in [-0.4, -0.2) is 58.2 Å². The highest BCUT2D eigenvalue weighted by Gasteiger charge is 2.23. The maximum Gasteiger partial charge on any atom is 0.260 e. The Kier molecular flexibility index (Phi) is 6.24. The molecule has 0 radical (unpaired) electrons. The molecule has 0 spiro atoms. The topological polar surface area (TPSA) is 97.2 Å². The number of carbonyl (C=O) groups excluding carboxylic acids is 1. The number of fused-ring (bicyclic) bond motifs is 1. The molecule has 1 saturated carbocycles. The zero-order valence-corrected chi connectivity index (χ0v) is 18.2. The van der Waals surface area contributed by atoms with Gasteiger partial charge in [-0.25, -0.2) is 0 Å². The minimum atomic E-state index is -0.265. The number of aromatic nitrogens is 4. The molecule has 1 aliphatic carbocycles. The van der Waals surface area contributed by atoms with Gasteiger partial charge in [-0.3, -0.25) is 9.48 Å². The van der Waals surface area contributed by atoms with Gasteiger partial charge in [-0.2, -0.15) is 5.10 Å². The lowest BCUT2D eigenvalue weighted by atomic mass is 9.96. The summed E-state index contributed by atoms with van der Waals surface area (Å²) in [6, 6.07) is 7.36. The van der Waals surface area contributed by atoms with Gasteiger partial charge in [0.15, 0.2) is 11.6 Å². The predicted octanol–water partition coefficient (Wildman–Crippen LogP) is 2.38. The standard InChI is InChI=1S/C21H25N7O2.ClH/c1-27-13-14-11-16(18(12-17(14)26-27)30-15-3-2-4-15)21(29)23-19-5-6-20(25-24-19)28-9-7-22-8-10-28;/h5-6,11-13,15,22H,2-4,7-10H2,1H3,(H,23,24,29);1H. The highest BCUT2D eigenvalue weighted by atomic mass is 35.5. The first-order chi connectivity index (χ1) is 14.7. The Labute approximate surface area is 186 Å². The number of nitrogens with one attached hydrogen (secondary N) is 2. The van der Waals surface area contributed by atoms with E-state index < -0.39 is 0 Å². The van der Waals surface area contributed by atoms with Crippen molar-refractivity contribution in [2.45, 2.75) is 25.4 Å². The van der Waals surface area contributed by atoms with Crippen molar-refractivity contribution >= 4 is 40.9 Å². The first-order valence-corrected chi connectivity index (χ1v) is 10.4. The van der Waals surface area contributed by atoms with Gasteiger partial charge < -0.3 is 20.3 Å². The molecule has 1 aromatic carbocycles. The van der Waals surface area contributed by atoms with E-state index in [4.69, 9.17) is 4.74 Å². The third kappa shape index (κ3) is 4.57. The van der Waals surface area contributed by atoms with E-state index in [1.165, 1.54) is 0 Å². The lowest BCUT2D eigenvalue weighted by Gasteiger charge is -2.28. The zero-order chi connectivity index (χ0) is 20.5. The van der Waals surface area contributed by atoms with Crippen LogP contribution in [-0.2, 0) is 7.05 Å². The molecular weight excluding hydrogens is 418 g/mol. The lowest BCUT2D eigenvalue weighted by Crippen LogP contribution is -2.43. The van der Waals surface area contributed by atoms with Gasteiger partial charge in [0.1, 0.15) is 5.75 Å². The molecule has 0 bridgehead atoms. The van der Waals surface area contributed by atoms with Crippen molar-refractivity contribution in [3.8, 4) is 5.75 Å². The predicted molar refractivity (Wildman–Crippen MR) is 121 cm³/mol. The van der Waals surface area contributed by atoms with Gasteiger partial charge in [-0.15, -0.1) is 22.6 Å². The molecule has 2 aromatic heterocycles. The smallest absolute Gasteiger partial charge is 0.260 e. The van der Waals surface area contributed by atoms with Crippen LogP contribution in [0.15, 0.2) is 30.5 Å². The van der Waals surface area contributed by atoms with E-state index in [0.717, 1.165) is 62.2 Å². The molecule has 2 N–H and O–H groups in total. The van der Waals surface area contributed by atoms with E-state index in [-0.39, 0.29) is 24.4 Å². The monoisotopic (exact) mass is 443 g/mol. The number of hydrogen-bond acceptors (Lipinski definition) is 7. The third-order valence-corrected chi connectivity index (χ3v) is 5.64. The summed E-state index contributed by atoms with van der Waals surface area (Å²) in [6.07, 6.45) is 5.24. The Morgan fingerprint density at radius 2 is 2.00 bits per heavy atom. The molecule has 3 heterocycles. The highest BCUT2D eigenvalue weighted by Crippen LogP contribution is 2.31. The first-order valence-electron chi connectivity index (χ1n) is 10.4. The zero-order valence-electron chi connectivity index (χ0n) is 17.4. The summed E-state index contributed by atoms with van der Waals surface area (Å²) >= 11 is 0. The molecule has 10 heteroatoms. The maximum absolute atomic E-state index is 13.1. The molecule has 5 rings (SSSR count). The van der Waals surface area contributed by atoms with Crippen molar-refractivity contribution < 1.29 is 9.53 Å². The van der Waals surface area contributed by atoms with Crippen LogP contribution in [0.4, 0.5) is 11.6 Å². The van der Waals surface area contributed by atoms with Crippen LogP contribution >= 0.6 is 12.4 Å². The fourth-order valence-electron chi connectivity index (χ4n) is 3.76. The average molecular weight is 444 g/mol. The Bertz CT molecular complexity index is 1060. The van der Waals surface area contributed by atoms with Gasteiger partial charge >= 0.3 is 0 Å². The van der Waals surface area contributed by atoms with Gasteiger partial charge in [0.2, 0.25) is 0 Å². The number of benzene rings is 1. The van der Waals surface area contributed by atoms with Crippen LogP contribution in [0.2, 0.25) is 0 Å². The molecule has 2 aliphatic rings. The van der Waals surface area contributed by atoms with E-state index in [1.54, 1.807) is 10.7 Å². The molecule has 1 amide bonds.